The van der Waals surface area contributed by atoms with Gasteiger partial charge in [-0.3, -0.25) is 34.1 Å². The van der Waals surface area contributed by atoms with Crippen molar-refractivity contribution in [3.63, 3.8) is 0 Å². The van der Waals surface area contributed by atoms with E-state index in [0.29, 0.717) is 17.5 Å². The van der Waals surface area contributed by atoms with E-state index in [1.165, 1.54) is 16.0 Å². The van der Waals surface area contributed by atoms with Crippen molar-refractivity contribution in [1.29, 1.82) is 0 Å². The summed E-state index contributed by atoms with van der Waals surface area (Å²) >= 11 is 0. The molecule has 4 heterocycles. The summed E-state index contributed by atoms with van der Waals surface area (Å²) in [5.41, 5.74) is 1.60. The summed E-state index contributed by atoms with van der Waals surface area (Å²) in [4.78, 5) is 55.8. The molecule has 3 atom stereocenters. The van der Waals surface area contributed by atoms with Gasteiger partial charge in [0.15, 0.2) is 0 Å². The SMILES string of the molecule is [C-]#[N+][C@@H]1C[C@@]2(CN1C(=O)[C@H](CC(C)C)N(C)C(=O)c1cnc3cnccc3c1)C(=O)Nc1ccccc12. The van der Waals surface area contributed by atoms with E-state index in [2.05, 4.69) is 20.1 Å². The Morgan fingerprint density at radius 2 is 2.05 bits per heavy atom. The van der Waals surface area contributed by atoms with Crippen molar-refractivity contribution in [1.82, 2.24) is 19.8 Å². The number of fused-ring (bicyclic) bond motifs is 3. The standard InChI is InChI=1S/C28H28N6O3/c1-17(2)11-23(33(4)25(35)19-12-18-9-10-30-15-22(18)31-14-19)26(36)34-16-28(13-24(34)29-3)20-7-5-6-8-21(20)32-27(28)37/h5-10,12,14-15,17,23-24H,11,13,16H2,1-2,4H3,(H,32,37)/t23-,24-,28-/m0/s1. The maximum atomic E-state index is 14.0. The lowest BCUT2D eigenvalue weighted by atomic mass is 9.80. The van der Waals surface area contributed by atoms with Crippen LogP contribution < -0.4 is 5.32 Å². The van der Waals surface area contributed by atoms with Gasteiger partial charge in [0.1, 0.15) is 11.5 Å². The van der Waals surface area contributed by atoms with Crippen LogP contribution >= 0.6 is 0 Å². The second-order valence-corrected chi connectivity index (χ2v) is 10.2. The molecule has 0 unspecified atom stereocenters. The number of anilines is 1. The van der Waals surface area contributed by atoms with E-state index < -0.39 is 17.6 Å². The number of likely N-dealkylation sites (tertiary alicyclic amines) is 1. The maximum Gasteiger partial charge on any atom is 0.302 e. The van der Waals surface area contributed by atoms with Gasteiger partial charge in [-0.05, 0) is 36.1 Å². The second kappa shape index (κ2) is 9.28. The number of benzene rings is 1. The smallest absolute Gasteiger partial charge is 0.302 e. The molecule has 0 radical (unpaired) electrons. The Kier molecular flexibility index (Phi) is 6.12. The van der Waals surface area contributed by atoms with E-state index in [4.69, 9.17) is 6.57 Å². The minimum Gasteiger partial charge on any atom is -0.330 e. The van der Waals surface area contributed by atoms with Gasteiger partial charge < -0.3 is 10.2 Å². The Balaban J connectivity index is 1.46. The molecule has 0 saturated carbocycles. The molecule has 0 aliphatic carbocycles. The highest BCUT2D eigenvalue weighted by atomic mass is 16.2. The number of para-hydroxylation sites is 1. The third-order valence-electron chi connectivity index (χ3n) is 7.39. The first-order chi connectivity index (χ1) is 17.7. The summed E-state index contributed by atoms with van der Waals surface area (Å²) in [6.45, 7) is 11.9. The summed E-state index contributed by atoms with van der Waals surface area (Å²) in [6.07, 6.45) is 4.61. The van der Waals surface area contributed by atoms with Crippen LogP contribution in [0.4, 0.5) is 5.69 Å². The summed E-state index contributed by atoms with van der Waals surface area (Å²) in [6, 6.07) is 10.2. The number of nitrogens with one attached hydrogen (secondary N) is 1. The molecule has 2 aliphatic rings. The lowest BCUT2D eigenvalue weighted by molar-refractivity contribution is -0.136. The van der Waals surface area contributed by atoms with Crippen molar-refractivity contribution in [2.24, 2.45) is 5.92 Å². The molecule has 0 bridgehead atoms. The van der Waals surface area contributed by atoms with E-state index in [-0.39, 0.29) is 36.6 Å². The molecule has 9 heteroatoms. The highest BCUT2D eigenvalue weighted by Gasteiger charge is 2.59. The molecule has 3 aromatic rings. The molecule has 1 aromatic carbocycles. The number of rotatable bonds is 5. The quantitative estimate of drug-likeness (QED) is 0.545. The first-order valence-corrected chi connectivity index (χ1v) is 12.3. The molecular weight excluding hydrogens is 468 g/mol. The number of carbonyl (C=O) groups is 3. The molecule has 1 fully saturated rings. The largest absolute Gasteiger partial charge is 0.330 e. The first kappa shape index (κ1) is 24.4. The molecule has 2 aromatic heterocycles. The average molecular weight is 497 g/mol. The van der Waals surface area contributed by atoms with E-state index in [1.807, 2.05) is 38.1 Å². The van der Waals surface area contributed by atoms with Crippen molar-refractivity contribution < 1.29 is 14.4 Å². The van der Waals surface area contributed by atoms with Crippen LogP contribution in [0.2, 0.25) is 0 Å². The minimum atomic E-state index is -0.970. The Morgan fingerprint density at radius 3 is 2.81 bits per heavy atom. The zero-order chi connectivity index (χ0) is 26.3. The van der Waals surface area contributed by atoms with Gasteiger partial charge in [-0.2, -0.15) is 0 Å². The van der Waals surface area contributed by atoms with Gasteiger partial charge in [0.2, 0.25) is 5.91 Å². The molecule has 9 nitrogen and oxygen atoms in total. The topological polar surface area (TPSA) is 99.9 Å². The average Bonchev–Trinajstić information content (AvgIpc) is 3.43. The Bertz CT molecular complexity index is 1450. The van der Waals surface area contributed by atoms with Crippen molar-refractivity contribution >= 4 is 34.3 Å². The van der Waals surface area contributed by atoms with Crippen molar-refractivity contribution in [2.45, 2.75) is 44.3 Å². The lowest BCUT2D eigenvalue weighted by Crippen LogP contribution is -2.51. The number of nitrogens with zero attached hydrogens (tertiary/aromatic N) is 5. The van der Waals surface area contributed by atoms with E-state index >= 15 is 0 Å². The monoisotopic (exact) mass is 496 g/mol. The predicted molar refractivity (Wildman–Crippen MR) is 138 cm³/mol. The second-order valence-electron chi connectivity index (χ2n) is 10.2. The van der Waals surface area contributed by atoms with Crippen LogP contribution in [-0.4, -0.2) is 63.3 Å². The summed E-state index contributed by atoms with van der Waals surface area (Å²) in [5.74, 6) is -0.734. The van der Waals surface area contributed by atoms with Crippen LogP contribution in [-0.2, 0) is 15.0 Å². The van der Waals surface area contributed by atoms with Gasteiger partial charge in [0.05, 0.1) is 23.7 Å². The number of amides is 3. The molecule has 5 rings (SSSR count). The molecule has 1 spiro atoms. The molecule has 1 saturated heterocycles. The third kappa shape index (κ3) is 4.08. The number of hydrogen-bond acceptors (Lipinski definition) is 5. The van der Waals surface area contributed by atoms with Crippen LogP contribution in [0.25, 0.3) is 15.7 Å². The van der Waals surface area contributed by atoms with Gasteiger partial charge in [-0.25, -0.2) is 6.57 Å². The normalized spacial score (nSPS) is 21.1. The van der Waals surface area contributed by atoms with Gasteiger partial charge in [0, 0.05) is 37.1 Å². The summed E-state index contributed by atoms with van der Waals surface area (Å²) < 4.78 is 0. The molecule has 3 amide bonds. The maximum absolute atomic E-state index is 14.0. The van der Waals surface area contributed by atoms with Gasteiger partial charge in [0.25, 0.3) is 11.8 Å². The fraction of sp³-hybridized carbons (Fsp3) is 0.357. The Hall–Kier alpha value is -4.32. The van der Waals surface area contributed by atoms with E-state index in [9.17, 15) is 14.4 Å². The van der Waals surface area contributed by atoms with Crippen LogP contribution in [0.15, 0.2) is 55.0 Å². The van der Waals surface area contributed by atoms with Crippen LogP contribution in [0, 0.1) is 12.5 Å². The fourth-order valence-corrected chi connectivity index (χ4v) is 5.45. The zero-order valence-corrected chi connectivity index (χ0v) is 21.0. The van der Waals surface area contributed by atoms with Crippen LogP contribution in [0.5, 0.6) is 0 Å². The molecule has 2 aliphatic heterocycles. The Labute approximate surface area is 215 Å². The van der Waals surface area contributed by atoms with E-state index in [0.717, 1.165) is 16.6 Å². The van der Waals surface area contributed by atoms with Gasteiger partial charge >= 0.3 is 6.17 Å². The molecular formula is C28H28N6O3. The number of pyridine rings is 2. The van der Waals surface area contributed by atoms with Crippen molar-refractivity contribution in [2.75, 3.05) is 18.9 Å². The molecule has 1 N–H and O–H groups in total. The van der Waals surface area contributed by atoms with E-state index in [1.54, 1.807) is 31.6 Å². The number of aromatic nitrogens is 2. The number of hydrogen-bond donors (Lipinski definition) is 1. The lowest BCUT2D eigenvalue weighted by Gasteiger charge is -2.32. The van der Waals surface area contributed by atoms with Crippen molar-refractivity contribution in [3.05, 3.63) is 77.5 Å². The third-order valence-corrected chi connectivity index (χ3v) is 7.39. The molecule has 188 valence electrons. The van der Waals surface area contributed by atoms with Gasteiger partial charge in [-0.15, -0.1) is 0 Å². The van der Waals surface area contributed by atoms with Gasteiger partial charge in [-0.1, -0.05) is 32.0 Å². The number of carbonyl (C=O) groups excluding carboxylic acids is 3. The minimum absolute atomic E-state index is 0.100. The first-order valence-electron chi connectivity index (χ1n) is 12.3. The highest BCUT2D eigenvalue weighted by molar-refractivity contribution is 6.07. The molecule has 37 heavy (non-hydrogen) atoms. The highest BCUT2D eigenvalue weighted by Crippen LogP contribution is 2.47. The summed E-state index contributed by atoms with van der Waals surface area (Å²) in [7, 11) is 1.61. The summed E-state index contributed by atoms with van der Waals surface area (Å²) in [5, 5.41) is 3.70. The van der Waals surface area contributed by atoms with Crippen LogP contribution in [0.3, 0.4) is 0 Å². The Morgan fingerprint density at radius 1 is 1.27 bits per heavy atom. The van der Waals surface area contributed by atoms with Crippen molar-refractivity contribution in [3.8, 4) is 0 Å². The van der Waals surface area contributed by atoms with Crippen LogP contribution in [0.1, 0.15) is 42.6 Å². The fourth-order valence-electron chi connectivity index (χ4n) is 5.45. The number of likely N-dealkylation sites (N-methyl/N-ethyl adjacent to an activating group) is 1. The zero-order valence-electron chi connectivity index (χ0n) is 21.0. The predicted octanol–water partition coefficient (Wildman–Crippen LogP) is 3.48.